The fraction of sp³-hybridized carbons (Fsp3) is 0.136. The second-order valence-electron chi connectivity index (χ2n) is 6.29. The van der Waals surface area contributed by atoms with Gasteiger partial charge < -0.3 is 10.1 Å². The molecule has 3 aromatic rings. The standard InChI is InChI=1S/C22H22N2O4S2/c1-28-21-10-6-5-9-20(21)24-30(26,27)19-13-11-17(12-14-19)23-22(25)15-16-29-18-7-3-2-4-8-18/h2-14,24H,15-16H2,1H3,(H,23,25). The number of carbonyl (C=O) groups is 1. The first-order chi connectivity index (χ1) is 14.5. The summed E-state index contributed by atoms with van der Waals surface area (Å²) in [6, 6.07) is 22.7. The zero-order chi connectivity index (χ0) is 21.4. The van der Waals surface area contributed by atoms with Gasteiger partial charge in [-0.2, -0.15) is 0 Å². The molecule has 8 heteroatoms. The van der Waals surface area contributed by atoms with Gasteiger partial charge in [-0.25, -0.2) is 8.42 Å². The Bertz CT molecular complexity index is 1090. The van der Waals surface area contributed by atoms with Crippen molar-refractivity contribution in [2.24, 2.45) is 0 Å². The van der Waals surface area contributed by atoms with E-state index in [4.69, 9.17) is 4.74 Å². The Morgan fingerprint density at radius 1 is 0.933 bits per heavy atom. The molecular weight excluding hydrogens is 420 g/mol. The molecule has 0 saturated heterocycles. The molecule has 0 spiro atoms. The third-order valence-corrected chi connectivity index (χ3v) is 6.54. The predicted octanol–water partition coefficient (Wildman–Crippen LogP) is 4.62. The van der Waals surface area contributed by atoms with Gasteiger partial charge in [0.1, 0.15) is 5.75 Å². The van der Waals surface area contributed by atoms with E-state index in [0.717, 1.165) is 4.90 Å². The van der Waals surface area contributed by atoms with Crippen molar-refractivity contribution in [1.29, 1.82) is 0 Å². The van der Waals surface area contributed by atoms with Gasteiger partial charge in [0, 0.05) is 22.8 Å². The maximum absolute atomic E-state index is 12.6. The lowest BCUT2D eigenvalue weighted by molar-refractivity contribution is -0.115. The van der Waals surface area contributed by atoms with Crippen LogP contribution < -0.4 is 14.8 Å². The molecule has 30 heavy (non-hydrogen) atoms. The van der Waals surface area contributed by atoms with E-state index in [1.807, 2.05) is 30.3 Å². The smallest absolute Gasteiger partial charge is 0.262 e. The van der Waals surface area contributed by atoms with Crippen LogP contribution in [0.5, 0.6) is 5.75 Å². The van der Waals surface area contributed by atoms with Gasteiger partial charge in [0.2, 0.25) is 5.91 Å². The molecule has 2 N–H and O–H groups in total. The van der Waals surface area contributed by atoms with E-state index < -0.39 is 10.0 Å². The molecule has 0 saturated carbocycles. The average molecular weight is 443 g/mol. The molecular formula is C22H22N2O4S2. The van der Waals surface area contributed by atoms with Gasteiger partial charge in [0.05, 0.1) is 17.7 Å². The van der Waals surface area contributed by atoms with E-state index in [1.165, 1.54) is 19.2 Å². The molecule has 1 amide bonds. The third kappa shape index (κ3) is 6.01. The quantitative estimate of drug-likeness (QED) is 0.473. The molecule has 3 aromatic carbocycles. The normalized spacial score (nSPS) is 11.0. The Balaban J connectivity index is 1.56. The number of amides is 1. The fourth-order valence-electron chi connectivity index (χ4n) is 2.65. The van der Waals surface area contributed by atoms with Crippen molar-refractivity contribution in [3.05, 3.63) is 78.9 Å². The van der Waals surface area contributed by atoms with Crippen LogP contribution in [0.3, 0.4) is 0 Å². The fourth-order valence-corrected chi connectivity index (χ4v) is 4.59. The topological polar surface area (TPSA) is 84.5 Å². The van der Waals surface area contributed by atoms with E-state index >= 15 is 0 Å². The highest BCUT2D eigenvalue weighted by molar-refractivity contribution is 7.99. The summed E-state index contributed by atoms with van der Waals surface area (Å²) in [5.74, 6) is 0.963. The number of para-hydroxylation sites is 2. The summed E-state index contributed by atoms with van der Waals surface area (Å²) in [6.45, 7) is 0. The first-order valence-electron chi connectivity index (χ1n) is 9.21. The van der Waals surface area contributed by atoms with Crippen LogP contribution in [-0.2, 0) is 14.8 Å². The maximum Gasteiger partial charge on any atom is 0.262 e. The molecule has 0 fully saturated rings. The minimum Gasteiger partial charge on any atom is -0.495 e. The monoisotopic (exact) mass is 442 g/mol. The lowest BCUT2D eigenvalue weighted by atomic mass is 10.3. The highest BCUT2D eigenvalue weighted by atomic mass is 32.2. The Kier molecular flexibility index (Phi) is 7.37. The number of anilines is 2. The lowest BCUT2D eigenvalue weighted by Gasteiger charge is -2.12. The highest BCUT2D eigenvalue weighted by Crippen LogP contribution is 2.26. The summed E-state index contributed by atoms with van der Waals surface area (Å²) < 4.78 is 32.9. The van der Waals surface area contributed by atoms with Crippen LogP contribution in [-0.4, -0.2) is 27.2 Å². The van der Waals surface area contributed by atoms with Crippen molar-refractivity contribution in [1.82, 2.24) is 0 Å². The van der Waals surface area contributed by atoms with Gasteiger partial charge in [-0.15, -0.1) is 11.8 Å². The first-order valence-corrected chi connectivity index (χ1v) is 11.7. The third-order valence-electron chi connectivity index (χ3n) is 4.14. The average Bonchev–Trinajstić information content (AvgIpc) is 2.75. The molecule has 0 bridgehead atoms. The minimum absolute atomic E-state index is 0.0889. The van der Waals surface area contributed by atoms with Crippen molar-refractivity contribution >= 4 is 39.1 Å². The van der Waals surface area contributed by atoms with Crippen LogP contribution in [0, 0.1) is 0 Å². The van der Waals surface area contributed by atoms with Gasteiger partial charge in [0.15, 0.2) is 0 Å². The van der Waals surface area contributed by atoms with Crippen LogP contribution in [0.4, 0.5) is 11.4 Å². The largest absolute Gasteiger partial charge is 0.495 e. The summed E-state index contributed by atoms with van der Waals surface area (Å²) in [5, 5.41) is 2.79. The Morgan fingerprint density at radius 2 is 1.60 bits per heavy atom. The maximum atomic E-state index is 12.6. The number of carbonyl (C=O) groups excluding carboxylic acids is 1. The Labute approximate surface area is 180 Å². The number of sulfonamides is 1. The molecule has 0 aliphatic rings. The highest BCUT2D eigenvalue weighted by Gasteiger charge is 2.16. The molecule has 0 aliphatic carbocycles. The van der Waals surface area contributed by atoms with E-state index in [9.17, 15) is 13.2 Å². The minimum atomic E-state index is -3.78. The van der Waals surface area contributed by atoms with Crippen LogP contribution in [0.15, 0.2) is 88.7 Å². The molecule has 6 nitrogen and oxygen atoms in total. The molecule has 156 valence electrons. The number of hydrogen-bond acceptors (Lipinski definition) is 5. The van der Waals surface area contributed by atoms with Crippen molar-refractivity contribution < 1.29 is 17.9 Å². The van der Waals surface area contributed by atoms with Crippen LogP contribution >= 0.6 is 11.8 Å². The summed E-state index contributed by atoms with van der Waals surface area (Å²) in [4.78, 5) is 13.3. The zero-order valence-corrected chi connectivity index (χ0v) is 18.0. The predicted molar refractivity (Wildman–Crippen MR) is 121 cm³/mol. The number of nitrogens with one attached hydrogen (secondary N) is 2. The van der Waals surface area contributed by atoms with Crippen LogP contribution in [0.1, 0.15) is 6.42 Å². The van der Waals surface area contributed by atoms with Crippen LogP contribution in [0.25, 0.3) is 0 Å². The number of benzene rings is 3. The number of methoxy groups -OCH3 is 1. The SMILES string of the molecule is COc1ccccc1NS(=O)(=O)c1ccc(NC(=O)CCSc2ccccc2)cc1. The van der Waals surface area contributed by atoms with Gasteiger partial charge in [0.25, 0.3) is 10.0 Å². The van der Waals surface area contributed by atoms with Crippen molar-refractivity contribution in [2.45, 2.75) is 16.2 Å². The second kappa shape index (κ2) is 10.2. The molecule has 3 rings (SSSR count). The molecule has 0 heterocycles. The van der Waals surface area contributed by atoms with E-state index in [2.05, 4.69) is 10.0 Å². The molecule has 0 aliphatic heterocycles. The number of hydrogen-bond donors (Lipinski definition) is 2. The van der Waals surface area contributed by atoms with Crippen molar-refractivity contribution in [2.75, 3.05) is 22.9 Å². The first kappa shape index (κ1) is 21.7. The van der Waals surface area contributed by atoms with Gasteiger partial charge in [-0.3, -0.25) is 9.52 Å². The number of ether oxygens (including phenoxy) is 1. The van der Waals surface area contributed by atoms with E-state index in [-0.39, 0.29) is 10.8 Å². The van der Waals surface area contributed by atoms with Gasteiger partial charge in [-0.05, 0) is 48.5 Å². The lowest BCUT2D eigenvalue weighted by Crippen LogP contribution is -2.14. The number of rotatable bonds is 9. The summed E-state index contributed by atoms with van der Waals surface area (Å²) in [7, 11) is -2.31. The number of thioether (sulfide) groups is 1. The summed E-state index contributed by atoms with van der Waals surface area (Å²) in [6.07, 6.45) is 0.356. The Morgan fingerprint density at radius 3 is 2.30 bits per heavy atom. The van der Waals surface area contributed by atoms with Crippen molar-refractivity contribution in [3.8, 4) is 5.75 Å². The van der Waals surface area contributed by atoms with E-state index in [0.29, 0.717) is 29.3 Å². The second-order valence-corrected chi connectivity index (χ2v) is 9.14. The van der Waals surface area contributed by atoms with Crippen LogP contribution in [0.2, 0.25) is 0 Å². The van der Waals surface area contributed by atoms with Gasteiger partial charge in [-0.1, -0.05) is 30.3 Å². The molecule has 0 atom stereocenters. The summed E-state index contributed by atoms with van der Waals surface area (Å²) in [5.41, 5.74) is 0.897. The van der Waals surface area contributed by atoms with Gasteiger partial charge >= 0.3 is 0 Å². The molecule has 0 unspecified atom stereocenters. The summed E-state index contributed by atoms with van der Waals surface area (Å²) >= 11 is 1.61. The molecule has 0 aromatic heterocycles. The van der Waals surface area contributed by atoms with E-state index in [1.54, 1.807) is 48.2 Å². The molecule has 0 radical (unpaired) electrons. The Hall–Kier alpha value is -2.97. The van der Waals surface area contributed by atoms with Crippen molar-refractivity contribution in [3.63, 3.8) is 0 Å². The zero-order valence-electron chi connectivity index (χ0n) is 16.4.